The first-order valence-electron chi connectivity index (χ1n) is 5.97. The number of hydroxylamine groups is 1. The summed E-state index contributed by atoms with van der Waals surface area (Å²) >= 11 is 0. The molecule has 0 aliphatic heterocycles. The van der Waals surface area contributed by atoms with E-state index in [1.165, 1.54) is 0 Å². The van der Waals surface area contributed by atoms with Gasteiger partial charge >= 0.3 is 24.2 Å². The molecule has 150 valence electrons. The molecule has 0 saturated heterocycles. The average molecular weight is 468 g/mol. The van der Waals surface area contributed by atoms with E-state index in [0.717, 1.165) is 5.48 Å². The number of hydrogen-bond donors (Lipinski definition) is 2. The van der Waals surface area contributed by atoms with E-state index in [-0.39, 0.29) is 23.0 Å². The fraction of sp³-hybridized carbons (Fsp3) is 0.417. The van der Waals surface area contributed by atoms with Crippen LogP contribution in [0.25, 0.3) is 0 Å². The van der Waals surface area contributed by atoms with Crippen molar-refractivity contribution in [3.05, 3.63) is 34.4 Å². The number of alkyl halides is 10. The van der Waals surface area contributed by atoms with Crippen LogP contribution < -0.4 is 5.48 Å². The highest BCUT2D eigenvalue weighted by atomic mass is 79.9. The zero-order valence-electron chi connectivity index (χ0n) is 12.2. The molecule has 0 radical (unpaired) electrons. The molecule has 0 aliphatic rings. The van der Waals surface area contributed by atoms with Crippen LogP contribution in [0.4, 0.5) is 43.9 Å². The minimum atomic E-state index is -6.62. The zero-order chi connectivity index (χ0) is 20.0. The second kappa shape index (κ2) is 7.21. The maximum atomic E-state index is 13.9. The third-order valence-electron chi connectivity index (χ3n) is 3.15. The molecule has 0 saturated carbocycles. The van der Waals surface area contributed by atoms with Crippen molar-refractivity contribution in [1.82, 2.24) is 5.48 Å². The summed E-state index contributed by atoms with van der Waals surface area (Å²) in [5.41, 5.74) is -12.5. The van der Waals surface area contributed by atoms with Gasteiger partial charge in [0.2, 0.25) is 0 Å². The van der Waals surface area contributed by atoms with E-state index in [0.29, 0.717) is 6.92 Å². The Bertz CT molecular complexity index is 666. The Hall–Kier alpha value is -1.57. The summed E-state index contributed by atoms with van der Waals surface area (Å²) in [6, 6.07) is -0.959. The van der Waals surface area contributed by atoms with Crippen LogP contribution in [-0.4, -0.2) is 23.5 Å². The van der Waals surface area contributed by atoms with Gasteiger partial charge in [-0.1, -0.05) is 6.07 Å². The molecule has 1 amide bonds. The molecule has 2 N–H and O–H groups in total. The number of nitrogens with one attached hydrogen (secondary N) is 1. The first-order valence-corrected chi connectivity index (χ1v) is 5.97. The minimum Gasteiger partial charge on any atom is -0.288 e. The molecule has 0 aliphatic carbocycles. The predicted octanol–water partition coefficient (Wildman–Crippen LogP) is 5.00. The third-order valence-corrected chi connectivity index (χ3v) is 3.15. The molecule has 26 heavy (non-hydrogen) atoms. The summed E-state index contributed by atoms with van der Waals surface area (Å²) in [4.78, 5) is 11.3. The summed E-state index contributed by atoms with van der Waals surface area (Å²) in [5, 5.41) is 8.39. The monoisotopic (exact) mass is 467 g/mol. The summed E-state index contributed by atoms with van der Waals surface area (Å²) < 4.78 is 129. The van der Waals surface area contributed by atoms with E-state index < -0.39 is 58.4 Å². The Labute approximate surface area is 148 Å². The summed E-state index contributed by atoms with van der Waals surface area (Å²) in [5.74, 6) is -1.85. The Morgan fingerprint density at radius 3 is 1.65 bits per heavy atom. The second-order valence-electron chi connectivity index (χ2n) is 4.81. The van der Waals surface area contributed by atoms with E-state index in [1.807, 2.05) is 0 Å². The lowest BCUT2D eigenvalue weighted by molar-refractivity contribution is -0.348. The summed E-state index contributed by atoms with van der Waals surface area (Å²) in [6.07, 6.45) is -18.9. The van der Waals surface area contributed by atoms with Gasteiger partial charge in [-0.05, 0) is 18.6 Å². The smallest absolute Gasteiger partial charge is 0.288 e. The Kier molecular flexibility index (Phi) is 6.78. The molecule has 1 aromatic rings. The highest BCUT2D eigenvalue weighted by Gasteiger charge is 2.73. The molecule has 0 spiro atoms. The fourth-order valence-electron chi connectivity index (χ4n) is 2.05. The minimum absolute atomic E-state index is 0. The van der Waals surface area contributed by atoms with Gasteiger partial charge in [0.1, 0.15) is 0 Å². The van der Waals surface area contributed by atoms with E-state index in [1.54, 1.807) is 0 Å². The number of amides is 1. The van der Waals surface area contributed by atoms with Crippen LogP contribution in [0.15, 0.2) is 12.1 Å². The van der Waals surface area contributed by atoms with Gasteiger partial charge in [0.15, 0.2) is 0 Å². The van der Waals surface area contributed by atoms with Gasteiger partial charge in [-0.3, -0.25) is 10.0 Å². The number of rotatable bonds is 2. The molecule has 3 nitrogen and oxygen atoms in total. The van der Waals surface area contributed by atoms with Crippen LogP contribution in [0.3, 0.4) is 0 Å². The first kappa shape index (κ1) is 24.4. The number of aryl methyl sites for hydroxylation is 1. The number of halogens is 11. The van der Waals surface area contributed by atoms with Gasteiger partial charge in [0.05, 0.1) is 11.1 Å². The summed E-state index contributed by atoms with van der Waals surface area (Å²) in [6.45, 7) is 0.552. The Balaban J connectivity index is 0.00000625. The molecule has 0 heterocycles. The molecule has 0 bridgehead atoms. The maximum Gasteiger partial charge on any atom is 0.435 e. The molecule has 1 aromatic carbocycles. The van der Waals surface area contributed by atoms with Crippen LogP contribution in [-0.2, 0) is 11.8 Å². The van der Waals surface area contributed by atoms with Gasteiger partial charge < -0.3 is 0 Å². The molecule has 0 aromatic heterocycles. The Morgan fingerprint density at radius 1 is 0.923 bits per heavy atom. The first-order chi connectivity index (χ1) is 11.0. The van der Waals surface area contributed by atoms with Crippen molar-refractivity contribution in [3.63, 3.8) is 0 Å². The van der Waals surface area contributed by atoms with Crippen molar-refractivity contribution in [1.29, 1.82) is 0 Å². The second-order valence-corrected chi connectivity index (χ2v) is 4.81. The fourth-order valence-corrected chi connectivity index (χ4v) is 2.05. The molecule has 0 atom stereocenters. The maximum absolute atomic E-state index is 13.9. The highest BCUT2D eigenvalue weighted by Crippen LogP contribution is 2.54. The van der Waals surface area contributed by atoms with Gasteiger partial charge in [-0.25, -0.2) is 9.87 Å². The quantitative estimate of drug-likeness (QED) is 0.365. The lowest BCUT2D eigenvalue weighted by Gasteiger charge is -2.31. The lowest BCUT2D eigenvalue weighted by Crippen LogP contribution is -2.50. The molecular formula is C12H8BrF10NO2. The van der Waals surface area contributed by atoms with Crippen LogP contribution in [0, 0.1) is 6.92 Å². The van der Waals surface area contributed by atoms with E-state index in [4.69, 9.17) is 5.21 Å². The molecular weight excluding hydrogens is 460 g/mol. The van der Waals surface area contributed by atoms with Crippen molar-refractivity contribution in [2.45, 2.75) is 31.1 Å². The number of carbonyl (C=O) groups excluding carboxylic acids is 1. The van der Waals surface area contributed by atoms with Gasteiger partial charge in [-0.2, -0.15) is 39.5 Å². The van der Waals surface area contributed by atoms with E-state index in [9.17, 15) is 48.7 Å². The van der Waals surface area contributed by atoms with Crippen molar-refractivity contribution in [2.75, 3.05) is 0 Å². The Morgan fingerprint density at radius 2 is 1.35 bits per heavy atom. The third kappa shape index (κ3) is 4.05. The van der Waals surface area contributed by atoms with Crippen molar-refractivity contribution < 1.29 is 53.9 Å². The van der Waals surface area contributed by atoms with Gasteiger partial charge in [0.25, 0.3) is 5.91 Å². The van der Waals surface area contributed by atoms with Crippen molar-refractivity contribution in [2.24, 2.45) is 0 Å². The molecule has 0 fully saturated rings. The van der Waals surface area contributed by atoms with E-state index in [2.05, 4.69) is 0 Å². The van der Waals surface area contributed by atoms with Crippen LogP contribution >= 0.6 is 17.0 Å². The number of hydrogen-bond acceptors (Lipinski definition) is 2. The van der Waals surface area contributed by atoms with Crippen LogP contribution in [0.5, 0.6) is 0 Å². The van der Waals surface area contributed by atoms with E-state index >= 15 is 0 Å². The molecule has 0 unspecified atom stereocenters. The van der Waals surface area contributed by atoms with Crippen molar-refractivity contribution >= 4 is 22.9 Å². The largest absolute Gasteiger partial charge is 0.435 e. The SMILES string of the molecule is Br.Cc1cc(C(F)(C(F)(F)F)C(F)(F)F)cc(C(F)(F)F)c1C(=O)NO. The molecule has 1 rings (SSSR count). The number of carbonyl (C=O) groups is 1. The predicted molar refractivity (Wildman–Crippen MR) is 70.7 cm³/mol. The lowest BCUT2D eigenvalue weighted by atomic mass is 9.88. The van der Waals surface area contributed by atoms with Gasteiger partial charge in [0, 0.05) is 5.56 Å². The van der Waals surface area contributed by atoms with Gasteiger partial charge in [-0.15, -0.1) is 17.0 Å². The normalized spacial score (nSPS) is 13.2. The average Bonchev–Trinajstić information content (AvgIpc) is 2.41. The standard InChI is InChI=1S/C12H7F10NO2.BrH/c1-4-2-5(9(13,11(17,18)19)12(20,21)22)3-6(10(14,15)16)7(4)8(24)23-25;/h2-3,25H,1H3,(H,23,24);1H. The van der Waals surface area contributed by atoms with Crippen LogP contribution in [0.2, 0.25) is 0 Å². The topological polar surface area (TPSA) is 49.3 Å². The highest BCUT2D eigenvalue weighted by molar-refractivity contribution is 8.93. The zero-order valence-corrected chi connectivity index (χ0v) is 13.9. The number of benzene rings is 1. The van der Waals surface area contributed by atoms with Crippen LogP contribution in [0.1, 0.15) is 27.0 Å². The van der Waals surface area contributed by atoms with Crippen molar-refractivity contribution in [3.8, 4) is 0 Å². The summed E-state index contributed by atoms with van der Waals surface area (Å²) in [7, 11) is 0. The molecule has 14 heteroatoms.